The van der Waals surface area contributed by atoms with Crippen molar-refractivity contribution in [3.63, 3.8) is 0 Å². The van der Waals surface area contributed by atoms with Gasteiger partial charge in [-0.2, -0.15) is 5.10 Å². The highest BCUT2D eigenvalue weighted by molar-refractivity contribution is 7.19. The van der Waals surface area contributed by atoms with Crippen LogP contribution in [0.15, 0.2) is 36.7 Å². The van der Waals surface area contributed by atoms with Gasteiger partial charge in [-0.15, -0.1) is 0 Å². The SMILES string of the molecule is CN1CCC(O)(C#Cc2cccc(-c3nc(C(N)=O)c(Nc4cnn(C)c4)s3)c2)C1=O. The zero-order valence-corrected chi connectivity index (χ0v) is 17.7. The van der Waals surface area contributed by atoms with E-state index in [2.05, 4.69) is 27.2 Å². The number of anilines is 2. The lowest BCUT2D eigenvalue weighted by molar-refractivity contribution is -0.137. The fourth-order valence-corrected chi connectivity index (χ4v) is 4.17. The van der Waals surface area contributed by atoms with Crippen LogP contribution in [0.2, 0.25) is 0 Å². The lowest BCUT2D eigenvalue weighted by Gasteiger charge is -2.13. The van der Waals surface area contributed by atoms with Gasteiger partial charge in [-0.1, -0.05) is 35.3 Å². The Balaban J connectivity index is 1.64. The van der Waals surface area contributed by atoms with Crippen molar-refractivity contribution >= 4 is 33.8 Å². The molecule has 0 radical (unpaired) electrons. The second kappa shape index (κ2) is 7.86. The Morgan fingerprint density at radius 1 is 1.39 bits per heavy atom. The van der Waals surface area contributed by atoms with Gasteiger partial charge in [0.1, 0.15) is 10.0 Å². The molecule has 0 spiro atoms. The molecule has 10 heteroatoms. The molecular weight excluding hydrogens is 416 g/mol. The number of nitrogens with two attached hydrogens (primary N) is 1. The molecule has 1 aliphatic heterocycles. The third-order valence-corrected chi connectivity index (χ3v) is 5.88. The van der Waals surface area contributed by atoms with Crippen LogP contribution >= 0.6 is 11.3 Å². The number of hydrogen-bond donors (Lipinski definition) is 3. The normalized spacial score (nSPS) is 18.0. The summed E-state index contributed by atoms with van der Waals surface area (Å²) < 4.78 is 1.64. The summed E-state index contributed by atoms with van der Waals surface area (Å²) in [5.74, 6) is 4.55. The molecule has 2 aromatic heterocycles. The Hall–Kier alpha value is -3.68. The molecule has 0 aliphatic carbocycles. The van der Waals surface area contributed by atoms with Gasteiger partial charge in [0, 0.05) is 44.4 Å². The molecule has 158 valence electrons. The average molecular weight is 436 g/mol. The molecule has 3 aromatic rings. The lowest BCUT2D eigenvalue weighted by atomic mass is 10.0. The monoisotopic (exact) mass is 436 g/mol. The Bertz CT molecular complexity index is 1240. The summed E-state index contributed by atoms with van der Waals surface area (Å²) in [5.41, 5.74) is 6.04. The minimum atomic E-state index is -1.66. The zero-order valence-electron chi connectivity index (χ0n) is 16.9. The van der Waals surface area contributed by atoms with Crippen LogP contribution in [0.3, 0.4) is 0 Å². The van der Waals surface area contributed by atoms with Gasteiger partial charge in [-0.3, -0.25) is 14.3 Å². The summed E-state index contributed by atoms with van der Waals surface area (Å²) >= 11 is 1.28. The van der Waals surface area contributed by atoms with Gasteiger partial charge in [0.15, 0.2) is 5.69 Å². The second-order valence-electron chi connectivity index (χ2n) is 7.26. The van der Waals surface area contributed by atoms with Crippen molar-refractivity contribution in [2.75, 3.05) is 18.9 Å². The number of nitrogens with zero attached hydrogens (tertiary/aromatic N) is 4. The standard InChI is InChI=1S/C21H20N6O3S/c1-26-9-8-21(30,20(26)29)7-6-13-4-3-5-14(10-13)18-25-16(17(22)28)19(31-18)24-15-11-23-27(2)12-15/h3-5,10-12,24,30H,8-9H2,1-2H3,(H2,22,28). The maximum atomic E-state index is 12.1. The van der Waals surface area contributed by atoms with Crippen molar-refractivity contribution in [3.05, 3.63) is 47.9 Å². The van der Waals surface area contributed by atoms with Crippen LogP contribution in [0.4, 0.5) is 10.7 Å². The number of nitrogens with one attached hydrogen (secondary N) is 1. The third kappa shape index (κ3) is 4.14. The van der Waals surface area contributed by atoms with Crippen molar-refractivity contribution in [3.8, 4) is 22.4 Å². The van der Waals surface area contributed by atoms with E-state index in [0.29, 0.717) is 27.8 Å². The summed E-state index contributed by atoms with van der Waals surface area (Å²) in [4.78, 5) is 29.8. The smallest absolute Gasteiger partial charge is 0.270 e. The Morgan fingerprint density at radius 2 is 2.19 bits per heavy atom. The average Bonchev–Trinajstić information content (AvgIpc) is 3.42. The van der Waals surface area contributed by atoms with E-state index in [1.54, 1.807) is 49.4 Å². The molecule has 0 saturated carbocycles. The minimum Gasteiger partial charge on any atom is -0.369 e. The van der Waals surface area contributed by atoms with E-state index in [-0.39, 0.29) is 12.1 Å². The number of carbonyl (C=O) groups excluding carboxylic acids is 2. The van der Waals surface area contributed by atoms with E-state index in [4.69, 9.17) is 5.73 Å². The number of aromatic nitrogens is 3. The molecule has 1 fully saturated rings. The van der Waals surface area contributed by atoms with E-state index in [0.717, 1.165) is 5.56 Å². The summed E-state index contributed by atoms with van der Waals surface area (Å²) in [6, 6.07) is 7.20. The van der Waals surface area contributed by atoms with Crippen molar-refractivity contribution < 1.29 is 14.7 Å². The highest BCUT2D eigenvalue weighted by Gasteiger charge is 2.42. The van der Waals surface area contributed by atoms with Crippen LogP contribution in [-0.2, 0) is 11.8 Å². The molecule has 1 saturated heterocycles. The van der Waals surface area contributed by atoms with Gasteiger partial charge in [-0.25, -0.2) is 4.98 Å². The van der Waals surface area contributed by atoms with Gasteiger partial charge < -0.3 is 21.1 Å². The maximum Gasteiger partial charge on any atom is 0.270 e. The lowest BCUT2D eigenvalue weighted by Crippen LogP contribution is -2.37. The number of amides is 2. The van der Waals surface area contributed by atoms with Crippen LogP contribution < -0.4 is 11.1 Å². The third-order valence-electron chi connectivity index (χ3n) is 4.86. The molecule has 9 nitrogen and oxygen atoms in total. The molecule has 4 rings (SSSR count). The molecule has 3 heterocycles. The van der Waals surface area contributed by atoms with Crippen LogP contribution in [-0.4, -0.2) is 55.8 Å². The van der Waals surface area contributed by atoms with Crippen LogP contribution in [0.5, 0.6) is 0 Å². The molecule has 4 N–H and O–H groups in total. The molecule has 0 bridgehead atoms. The number of hydrogen-bond acceptors (Lipinski definition) is 7. The number of primary amides is 1. The summed E-state index contributed by atoms with van der Waals surface area (Å²) in [5, 5.41) is 18.8. The van der Waals surface area contributed by atoms with Crippen molar-refractivity contribution in [2.24, 2.45) is 12.8 Å². The summed E-state index contributed by atoms with van der Waals surface area (Å²) in [7, 11) is 3.43. The van der Waals surface area contributed by atoms with E-state index in [1.807, 2.05) is 6.07 Å². The molecular formula is C21H20N6O3S. The highest BCUT2D eigenvalue weighted by Crippen LogP contribution is 2.34. The highest BCUT2D eigenvalue weighted by atomic mass is 32.1. The van der Waals surface area contributed by atoms with E-state index >= 15 is 0 Å². The summed E-state index contributed by atoms with van der Waals surface area (Å²) in [6.45, 7) is 0.464. The first kappa shape index (κ1) is 20.6. The number of likely N-dealkylation sites (tertiary alicyclic amines) is 1. The summed E-state index contributed by atoms with van der Waals surface area (Å²) in [6.07, 6.45) is 3.67. The largest absolute Gasteiger partial charge is 0.369 e. The van der Waals surface area contributed by atoms with Crippen LogP contribution in [0.1, 0.15) is 22.5 Å². The van der Waals surface area contributed by atoms with Crippen molar-refractivity contribution in [1.82, 2.24) is 19.7 Å². The van der Waals surface area contributed by atoms with Gasteiger partial charge in [0.2, 0.25) is 5.60 Å². The van der Waals surface area contributed by atoms with Crippen molar-refractivity contribution in [2.45, 2.75) is 12.0 Å². The first-order valence-corrected chi connectivity index (χ1v) is 10.2. The van der Waals surface area contributed by atoms with Gasteiger partial charge in [0.25, 0.3) is 11.8 Å². The molecule has 1 aromatic carbocycles. The van der Waals surface area contributed by atoms with Gasteiger partial charge in [0.05, 0.1) is 11.9 Å². The molecule has 1 atom stereocenters. The number of carbonyl (C=O) groups is 2. The quantitative estimate of drug-likeness (QED) is 0.530. The first-order valence-electron chi connectivity index (χ1n) is 9.43. The minimum absolute atomic E-state index is 0.134. The van der Waals surface area contributed by atoms with E-state index in [9.17, 15) is 14.7 Å². The maximum absolute atomic E-state index is 12.1. The Labute approximate surface area is 182 Å². The Kier molecular flexibility index (Phi) is 5.22. The van der Waals surface area contributed by atoms with E-state index in [1.165, 1.54) is 16.2 Å². The second-order valence-corrected chi connectivity index (χ2v) is 8.26. The number of thiazole rings is 1. The molecule has 1 aliphatic rings. The van der Waals surface area contributed by atoms with Crippen LogP contribution in [0, 0.1) is 11.8 Å². The van der Waals surface area contributed by atoms with Gasteiger partial charge >= 0.3 is 0 Å². The molecule has 31 heavy (non-hydrogen) atoms. The van der Waals surface area contributed by atoms with Crippen LogP contribution in [0.25, 0.3) is 10.6 Å². The number of likely N-dealkylation sites (N-methyl/N-ethyl adjacent to an activating group) is 1. The Morgan fingerprint density at radius 3 is 2.84 bits per heavy atom. The molecule has 1 unspecified atom stereocenters. The van der Waals surface area contributed by atoms with Gasteiger partial charge in [-0.05, 0) is 12.1 Å². The predicted molar refractivity (Wildman–Crippen MR) is 117 cm³/mol. The number of rotatable bonds is 4. The zero-order chi connectivity index (χ0) is 22.2. The topological polar surface area (TPSA) is 126 Å². The number of aliphatic hydroxyl groups is 1. The van der Waals surface area contributed by atoms with E-state index < -0.39 is 17.4 Å². The fraction of sp³-hybridized carbons (Fsp3) is 0.238. The number of benzene rings is 1. The fourth-order valence-electron chi connectivity index (χ4n) is 3.19. The van der Waals surface area contributed by atoms with Crippen molar-refractivity contribution in [1.29, 1.82) is 0 Å². The predicted octanol–water partition coefficient (Wildman–Crippen LogP) is 1.33. The first-order chi connectivity index (χ1) is 14.7. The molecule has 2 amide bonds. The number of aryl methyl sites for hydroxylation is 1.